The lowest BCUT2D eigenvalue weighted by Gasteiger charge is -2.27. The molecule has 1 aliphatic rings. The van der Waals surface area contributed by atoms with E-state index < -0.39 is 5.41 Å². The zero-order valence-electron chi connectivity index (χ0n) is 27.1. The Labute approximate surface area is 272 Å². The highest BCUT2D eigenvalue weighted by Crippen LogP contribution is 2.40. The third kappa shape index (κ3) is 6.44. The number of furan rings is 2. The topological polar surface area (TPSA) is 123 Å². The van der Waals surface area contributed by atoms with Crippen LogP contribution in [-0.4, -0.2) is 48.1 Å². The minimum atomic E-state index is -1.15. The summed E-state index contributed by atoms with van der Waals surface area (Å²) in [5.74, 6) is 0.795. The number of carbonyl (C=O) groups excluding carboxylic acids is 2. The van der Waals surface area contributed by atoms with Crippen LogP contribution in [0.3, 0.4) is 0 Å². The number of pyridine rings is 2. The zero-order valence-corrected chi connectivity index (χ0v) is 27.1. The van der Waals surface area contributed by atoms with Crippen LogP contribution >= 0.6 is 0 Å². The van der Waals surface area contributed by atoms with Gasteiger partial charge in [-0.1, -0.05) is 0 Å². The molecule has 0 saturated carbocycles. The standard InChI is InChI=1S/C36H39N5O6/c1-5-41-29-8-7-27(20-30(29)39(4)34(43)36(2,3)35(41)44)46-17-6-13-37-22-24-9-14-38-26(19-24)10-15-40-16-11-31-28(33(40)42)21-32(47-31)25-12-18-45-23-25/h7-9,11-12,14,16,18-21,23,37H,5-6,10,13,15,17,22H2,1-4H3. The molecule has 4 aromatic heterocycles. The summed E-state index contributed by atoms with van der Waals surface area (Å²) in [6.07, 6.45) is 8.10. The van der Waals surface area contributed by atoms with Gasteiger partial charge in [-0.15, -0.1) is 0 Å². The molecule has 5 aromatic rings. The maximum atomic E-state index is 13.1. The fraction of sp³-hybridized carbons (Fsp3) is 0.333. The predicted molar refractivity (Wildman–Crippen MR) is 180 cm³/mol. The van der Waals surface area contributed by atoms with Crippen molar-refractivity contribution >= 4 is 34.2 Å². The van der Waals surface area contributed by atoms with E-state index in [-0.39, 0.29) is 17.4 Å². The number of nitrogens with zero attached hydrogens (tertiary/aromatic N) is 4. The quantitative estimate of drug-likeness (QED) is 0.142. The number of hydrogen-bond donors (Lipinski definition) is 1. The number of ether oxygens (including phenoxy) is 1. The van der Waals surface area contributed by atoms with Crippen molar-refractivity contribution in [3.8, 4) is 17.1 Å². The Morgan fingerprint density at radius 1 is 1.00 bits per heavy atom. The van der Waals surface area contributed by atoms with Crippen molar-refractivity contribution in [3.63, 3.8) is 0 Å². The molecule has 0 fully saturated rings. The monoisotopic (exact) mass is 637 g/mol. The Bertz CT molecular complexity index is 1960. The smallest absolute Gasteiger partial charge is 0.261 e. The summed E-state index contributed by atoms with van der Waals surface area (Å²) in [6, 6.07) is 14.9. The number of anilines is 2. The minimum absolute atomic E-state index is 0.102. The minimum Gasteiger partial charge on any atom is -0.493 e. The van der Waals surface area contributed by atoms with Gasteiger partial charge in [0.1, 0.15) is 28.8 Å². The van der Waals surface area contributed by atoms with Gasteiger partial charge in [-0.25, -0.2) is 0 Å². The number of benzene rings is 1. The van der Waals surface area contributed by atoms with Gasteiger partial charge in [0.05, 0.1) is 35.2 Å². The van der Waals surface area contributed by atoms with E-state index in [0.717, 1.165) is 29.8 Å². The van der Waals surface area contributed by atoms with Crippen molar-refractivity contribution < 1.29 is 23.2 Å². The summed E-state index contributed by atoms with van der Waals surface area (Å²) in [7, 11) is 1.70. The van der Waals surface area contributed by atoms with Gasteiger partial charge in [0.15, 0.2) is 0 Å². The Hall–Kier alpha value is -5.16. The lowest BCUT2D eigenvalue weighted by atomic mass is 9.90. The first-order valence-corrected chi connectivity index (χ1v) is 15.8. The second-order valence-electron chi connectivity index (χ2n) is 12.2. The van der Waals surface area contributed by atoms with Crippen LogP contribution in [0.15, 0.2) is 87.1 Å². The Kier molecular flexibility index (Phi) is 8.99. The number of nitrogens with one attached hydrogen (secondary N) is 1. The van der Waals surface area contributed by atoms with E-state index in [0.29, 0.717) is 66.5 Å². The third-order valence-corrected chi connectivity index (χ3v) is 8.58. The van der Waals surface area contributed by atoms with Crippen LogP contribution in [0.25, 0.3) is 22.3 Å². The van der Waals surface area contributed by atoms with Gasteiger partial charge in [-0.2, -0.15) is 0 Å². The van der Waals surface area contributed by atoms with Crippen LogP contribution in [0, 0.1) is 5.41 Å². The molecule has 2 amide bonds. The van der Waals surface area contributed by atoms with E-state index in [1.807, 2.05) is 37.3 Å². The molecule has 0 spiro atoms. The molecule has 0 bridgehead atoms. The maximum absolute atomic E-state index is 13.1. The van der Waals surface area contributed by atoms with Crippen LogP contribution in [0.1, 0.15) is 38.4 Å². The van der Waals surface area contributed by atoms with E-state index in [1.165, 1.54) is 0 Å². The Balaban J connectivity index is 0.986. The van der Waals surface area contributed by atoms with Crippen molar-refractivity contribution in [1.29, 1.82) is 0 Å². The summed E-state index contributed by atoms with van der Waals surface area (Å²) in [5, 5.41) is 3.99. The van der Waals surface area contributed by atoms with Gasteiger partial charge in [0.2, 0.25) is 11.8 Å². The van der Waals surface area contributed by atoms with Crippen molar-refractivity contribution in [2.75, 3.05) is 36.5 Å². The Morgan fingerprint density at radius 2 is 1.85 bits per heavy atom. The van der Waals surface area contributed by atoms with Crippen LogP contribution in [0.2, 0.25) is 0 Å². The van der Waals surface area contributed by atoms with Crippen molar-refractivity contribution in [2.45, 2.75) is 46.7 Å². The van der Waals surface area contributed by atoms with Gasteiger partial charge in [0.25, 0.3) is 5.56 Å². The molecule has 11 heteroatoms. The van der Waals surface area contributed by atoms with Crippen LogP contribution in [0.4, 0.5) is 11.4 Å². The van der Waals surface area contributed by atoms with E-state index >= 15 is 0 Å². The summed E-state index contributed by atoms with van der Waals surface area (Å²) in [5.41, 5.74) is 3.47. The molecule has 5 heterocycles. The molecule has 0 radical (unpaired) electrons. The molecule has 0 unspecified atom stereocenters. The van der Waals surface area contributed by atoms with Crippen LogP contribution < -0.4 is 25.4 Å². The average molecular weight is 638 g/mol. The fourth-order valence-electron chi connectivity index (χ4n) is 5.90. The molecular weight excluding hydrogens is 598 g/mol. The van der Waals surface area contributed by atoms with E-state index in [2.05, 4.69) is 16.4 Å². The van der Waals surface area contributed by atoms with Gasteiger partial charge in [0, 0.05) is 57.3 Å². The van der Waals surface area contributed by atoms with Gasteiger partial charge in [-0.3, -0.25) is 19.4 Å². The average Bonchev–Trinajstić information content (AvgIpc) is 3.76. The summed E-state index contributed by atoms with van der Waals surface area (Å²) >= 11 is 0. The second kappa shape index (κ2) is 13.3. The molecule has 0 saturated heterocycles. The number of fused-ring (bicyclic) bond motifs is 2. The molecule has 0 atom stereocenters. The van der Waals surface area contributed by atoms with Crippen LogP contribution in [-0.2, 0) is 29.1 Å². The molecule has 47 heavy (non-hydrogen) atoms. The van der Waals surface area contributed by atoms with Gasteiger partial charge < -0.3 is 33.3 Å². The lowest BCUT2D eigenvalue weighted by Crippen LogP contribution is -2.47. The molecule has 1 aromatic carbocycles. The molecular formula is C36H39N5O6. The van der Waals surface area contributed by atoms with E-state index in [1.54, 1.807) is 72.3 Å². The van der Waals surface area contributed by atoms with Gasteiger partial charge >= 0.3 is 0 Å². The SMILES string of the molecule is CCN1C(=O)C(C)(C)C(=O)N(C)c2cc(OCCCNCc3ccnc(CCn4ccc5oc(-c6ccoc6)cc5c4=O)c3)ccc21. The summed E-state index contributed by atoms with van der Waals surface area (Å²) < 4.78 is 18.7. The number of aromatic nitrogens is 2. The van der Waals surface area contributed by atoms with Crippen molar-refractivity contribution in [3.05, 3.63) is 95.1 Å². The first-order valence-electron chi connectivity index (χ1n) is 15.8. The van der Waals surface area contributed by atoms with Crippen molar-refractivity contribution in [1.82, 2.24) is 14.9 Å². The normalized spacial score (nSPS) is 14.5. The highest BCUT2D eigenvalue weighted by atomic mass is 16.5. The summed E-state index contributed by atoms with van der Waals surface area (Å²) in [4.78, 5) is 47.0. The van der Waals surface area contributed by atoms with Crippen molar-refractivity contribution in [2.24, 2.45) is 5.41 Å². The van der Waals surface area contributed by atoms with E-state index in [9.17, 15) is 14.4 Å². The molecule has 0 aliphatic carbocycles. The first kappa shape index (κ1) is 31.8. The highest BCUT2D eigenvalue weighted by Gasteiger charge is 2.45. The molecule has 1 N–H and O–H groups in total. The maximum Gasteiger partial charge on any atom is 0.261 e. The molecule has 244 valence electrons. The number of hydrogen-bond acceptors (Lipinski definition) is 8. The molecule has 11 nitrogen and oxygen atoms in total. The number of amides is 2. The van der Waals surface area contributed by atoms with E-state index in [4.69, 9.17) is 13.6 Å². The van der Waals surface area contributed by atoms with Crippen LogP contribution in [0.5, 0.6) is 5.75 Å². The highest BCUT2D eigenvalue weighted by molar-refractivity contribution is 6.20. The summed E-state index contributed by atoms with van der Waals surface area (Å²) in [6.45, 7) is 8.13. The number of rotatable bonds is 12. The first-order chi connectivity index (χ1) is 22.7. The second-order valence-corrected chi connectivity index (χ2v) is 12.2. The number of carbonyl (C=O) groups is 2. The predicted octanol–water partition coefficient (Wildman–Crippen LogP) is 5.41. The third-order valence-electron chi connectivity index (χ3n) is 8.58. The zero-order chi connectivity index (χ0) is 33.1. The molecule has 6 rings (SSSR count). The Morgan fingerprint density at radius 3 is 2.64 bits per heavy atom. The largest absolute Gasteiger partial charge is 0.493 e. The molecule has 1 aliphatic heterocycles. The lowest BCUT2D eigenvalue weighted by molar-refractivity contribution is -0.137. The van der Waals surface area contributed by atoms with Gasteiger partial charge in [-0.05, 0) is 81.8 Å². The fourth-order valence-corrected chi connectivity index (χ4v) is 5.90. The number of aryl methyl sites for hydroxylation is 2.